The van der Waals surface area contributed by atoms with Crippen LogP contribution in [-0.4, -0.2) is 26.8 Å². The lowest BCUT2D eigenvalue weighted by atomic mass is 9.95. The third-order valence-corrected chi connectivity index (χ3v) is 6.46. The van der Waals surface area contributed by atoms with Crippen molar-refractivity contribution in [3.8, 4) is 17.1 Å². The molecular formula is C22H24N4O3S. The molecule has 0 N–H and O–H groups in total. The molecule has 1 heterocycles. The van der Waals surface area contributed by atoms with Crippen molar-refractivity contribution in [3.63, 3.8) is 0 Å². The van der Waals surface area contributed by atoms with E-state index in [0.29, 0.717) is 11.8 Å². The molecule has 0 bridgehead atoms. The number of methoxy groups -OCH3 is 1. The second-order valence-electron chi connectivity index (χ2n) is 7.41. The van der Waals surface area contributed by atoms with E-state index >= 15 is 0 Å². The monoisotopic (exact) mass is 424 g/mol. The molecule has 3 aromatic rings. The number of hydrogen-bond acceptors (Lipinski definition) is 6. The summed E-state index contributed by atoms with van der Waals surface area (Å²) in [5.74, 6) is 2.28. The molecule has 7 nitrogen and oxygen atoms in total. The summed E-state index contributed by atoms with van der Waals surface area (Å²) in [6.07, 6.45) is 5.92. The summed E-state index contributed by atoms with van der Waals surface area (Å²) in [4.78, 5) is 10.7. The first-order chi connectivity index (χ1) is 14.7. The fourth-order valence-electron chi connectivity index (χ4n) is 3.89. The van der Waals surface area contributed by atoms with Crippen LogP contribution < -0.4 is 4.74 Å². The van der Waals surface area contributed by atoms with Crippen molar-refractivity contribution in [2.45, 2.75) is 49.1 Å². The number of nitro groups is 1. The van der Waals surface area contributed by atoms with Gasteiger partial charge in [0.1, 0.15) is 5.75 Å². The Morgan fingerprint density at radius 3 is 2.60 bits per heavy atom. The molecule has 1 aromatic heterocycles. The van der Waals surface area contributed by atoms with Crippen LogP contribution in [0.15, 0.2) is 53.7 Å². The van der Waals surface area contributed by atoms with E-state index in [9.17, 15) is 10.1 Å². The SMILES string of the molecule is COc1ccc(-c2nnc(SCc3cccc([N+](=O)[O-])c3)n2C2CCCCC2)cc1. The third-order valence-electron chi connectivity index (χ3n) is 5.44. The molecule has 0 atom stereocenters. The van der Waals surface area contributed by atoms with Crippen LogP contribution in [0.1, 0.15) is 43.7 Å². The lowest BCUT2D eigenvalue weighted by Gasteiger charge is -2.25. The van der Waals surface area contributed by atoms with Crippen LogP contribution in [0.3, 0.4) is 0 Å². The van der Waals surface area contributed by atoms with Crippen molar-refractivity contribution in [1.82, 2.24) is 14.8 Å². The average Bonchev–Trinajstić information content (AvgIpc) is 3.22. The van der Waals surface area contributed by atoms with E-state index in [1.807, 2.05) is 30.3 Å². The van der Waals surface area contributed by atoms with E-state index < -0.39 is 0 Å². The molecule has 4 rings (SSSR count). The van der Waals surface area contributed by atoms with Crippen LogP contribution in [0.5, 0.6) is 5.75 Å². The summed E-state index contributed by atoms with van der Waals surface area (Å²) in [5, 5.41) is 20.9. The molecule has 0 radical (unpaired) electrons. The molecule has 0 unspecified atom stereocenters. The zero-order valence-corrected chi connectivity index (χ0v) is 17.7. The van der Waals surface area contributed by atoms with Gasteiger partial charge >= 0.3 is 0 Å². The lowest BCUT2D eigenvalue weighted by molar-refractivity contribution is -0.384. The minimum Gasteiger partial charge on any atom is -0.497 e. The molecule has 0 amide bonds. The number of non-ortho nitro benzene ring substituents is 1. The predicted molar refractivity (Wildman–Crippen MR) is 117 cm³/mol. The molecule has 0 saturated heterocycles. The maximum Gasteiger partial charge on any atom is 0.269 e. The standard InChI is InChI=1S/C22H24N4O3S/c1-29-20-12-10-17(11-13-20)21-23-24-22(25(21)18-7-3-2-4-8-18)30-15-16-6-5-9-19(14-16)26(27)28/h5-6,9-14,18H,2-4,7-8,15H2,1H3. The molecule has 0 spiro atoms. The van der Waals surface area contributed by atoms with Crippen LogP contribution in [0, 0.1) is 10.1 Å². The molecule has 1 fully saturated rings. The van der Waals surface area contributed by atoms with Gasteiger partial charge in [0.2, 0.25) is 0 Å². The number of thioether (sulfide) groups is 1. The number of nitro benzene ring substituents is 1. The quantitative estimate of drug-likeness (QED) is 0.276. The van der Waals surface area contributed by atoms with Crippen LogP contribution >= 0.6 is 11.8 Å². The number of hydrogen-bond donors (Lipinski definition) is 0. The molecule has 156 valence electrons. The number of aromatic nitrogens is 3. The Morgan fingerprint density at radius 2 is 1.90 bits per heavy atom. The van der Waals surface area contributed by atoms with Crippen molar-refractivity contribution >= 4 is 17.4 Å². The van der Waals surface area contributed by atoms with Crippen molar-refractivity contribution in [3.05, 3.63) is 64.2 Å². The summed E-state index contributed by atoms with van der Waals surface area (Å²) in [6, 6.07) is 15.0. The molecule has 1 aliphatic rings. The van der Waals surface area contributed by atoms with Crippen LogP contribution in [-0.2, 0) is 5.75 Å². The van der Waals surface area contributed by atoms with Crippen molar-refractivity contribution < 1.29 is 9.66 Å². The summed E-state index contributed by atoms with van der Waals surface area (Å²) in [5.41, 5.74) is 2.02. The highest BCUT2D eigenvalue weighted by Gasteiger charge is 2.24. The van der Waals surface area contributed by atoms with Crippen molar-refractivity contribution in [2.24, 2.45) is 0 Å². The highest BCUT2D eigenvalue weighted by molar-refractivity contribution is 7.98. The second kappa shape index (κ2) is 9.30. The van der Waals surface area contributed by atoms with Gasteiger partial charge in [-0.1, -0.05) is 43.2 Å². The average molecular weight is 425 g/mol. The zero-order chi connectivity index (χ0) is 20.9. The molecule has 1 saturated carbocycles. The Labute approximate surface area is 179 Å². The third kappa shape index (κ3) is 4.48. The first kappa shape index (κ1) is 20.4. The van der Waals surface area contributed by atoms with Gasteiger partial charge in [0.15, 0.2) is 11.0 Å². The summed E-state index contributed by atoms with van der Waals surface area (Å²) < 4.78 is 7.54. The Bertz CT molecular complexity index is 1010. The van der Waals surface area contributed by atoms with Gasteiger partial charge < -0.3 is 4.74 Å². The summed E-state index contributed by atoms with van der Waals surface area (Å²) >= 11 is 1.58. The normalized spacial score (nSPS) is 14.6. The van der Waals surface area contributed by atoms with Gasteiger partial charge in [0, 0.05) is 29.5 Å². The maximum atomic E-state index is 11.1. The van der Waals surface area contributed by atoms with Crippen molar-refractivity contribution in [1.29, 1.82) is 0 Å². The fraction of sp³-hybridized carbons (Fsp3) is 0.364. The lowest BCUT2D eigenvalue weighted by Crippen LogP contribution is -2.15. The number of ether oxygens (including phenoxy) is 1. The van der Waals surface area contributed by atoms with Crippen molar-refractivity contribution in [2.75, 3.05) is 7.11 Å². The van der Waals surface area contributed by atoms with Gasteiger partial charge in [-0.15, -0.1) is 10.2 Å². The summed E-state index contributed by atoms with van der Waals surface area (Å²) in [6.45, 7) is 0. The topological polar surface area (TPSA) is 83.1 Å². The molecule has 8 heteroatoms. The molecule has 0 aliphatic heterocycles. The minimum atomic E-state index is -0.361. The summed E-state index contributed by atoms with van der Waals surface area (Å²) in [7, 11) is 1.65. The number of rotatable bonds is 7. The van der Waals surface area contributed by atoms with E-state index in [1.54, 1.807) is 31.0 Å². The largest absolute Gasteiger partial charge is 0.497 e. The van der Waals surface area contributed by atoms with Crippen LogP contribution in [0.4, 0.5) is 5.69 Å². The number of nitrogens with zero attached hydrogens (tertiary/aromatic N) is 4. The first-order valence-electron chi connectivity index (χ1n) is 10.1. The molecule has 2 aromatic carbocycles. The van der Waals surface area contributed by atoms with Gasteiger partial charge in [0.05, 0.1) is 12.0 Å². The smallest absolute Gasteiger partial charge is 0.269 e. The van der Waals surface area contributed by atoms with Gasteiger partial charge in [-0.2, -0.15) is 0 Å². The van der Waals surface area contributed by atoms with Gasteiger partial charge in [-0.25, -0.2) is 0 Å². The van der Waals surface area contributed by atoms with E-state index in [1.165, 1.54) is 25.3 Å². The Morgan fingerprint density at radius 1 is 1.13 bits per heavy atom. The molecular weight excluding hydrogens is 400 g/mol. The zero-order valence-electron chi connectivity index (χ0n) is 16.9. The highest BCUT2D eigenvalue weighted by atomic mass is 32.2. The molecule has 1 aliphatic carbocycles. The number of benzene rings is 2. The Kier molecular flexibility index (Phi) is 6.32. The predicted octanol–water partition coefficient (Wildman–Crippen LogP) is 5.66. The van der Waals surface area contributed by atoms with E-state index in [-0.39, 0.29) is 10.6 Å². The van der Waals surface area contributed by atoms with Gasteiger partial charge in [-0.05, 0) is 42.7 Å². The van der Waals surface area contributed by atoms with E-state index in [0.717, 1.165) is 40.7 Å². The second-order valence-corrected chi connectivity index (χ2v) is 8.35. The maximum absolute atomic E-state index is 11.1. The van der Waals surface area contributed by atoms with Gasteiger partial charge in [-0.3, -0.25) is 14.7 Å². The Balaban J connectivity index is 1.62. The van der Waals surface area contributed by atoms with Gasteiger partial charge in [0.25, 0.3) is 5.69 Å². The minimum absolute atomic E-state index is 0.112. The molecule has 30 heavy (non-hydrogen) atoms. The first-order valence-corrected chi connectivity index (χ1v) is 11.1. The fourth-order valence-corrected chi connectivity index (χ4v) is 4.84. The van der Waals surface area contributed by atoms with E-state index in [4.69, 9.17) is 4.74 Å². The van der Waals surface area contributed by atoms with Crippen LogP contribution in [0.25, 0.3) is 11.4 Å². The highest BCUT2D eigenvalue weighted by Crippen LogP contribution is 2.36. The van der Waals surface area contributed by atoms with Crippen LogP contribution in [0.2, 0.25) is 0 Å². The van der Waals surface area contributed by atoms with E-state index in [2.05, 4.69) is 14.8 Å². The Hall–Kier alpha value is -2.87.